The van der Waals surface area contributed by atoms with E-state index in [1.165, 1.54) is 0 Å². The van der Waals surface area contributed by atoms with Gasteiger partial charge in [-0.05, 0) is 36.6 Å². The van der Waals surface area contributed by atoms with Crippen molar-refractivity contribution in [1.82, 2.24) is 0 Å². The SMILES string of the molecule is CCCCC(=O)c1ccc(OCC(C)C)cc1. The van der Waals surface area contributed by atoms with E-state index in [1.807, 2.05) is 24.3 Å². The van der Waals surface area contributed by atoms with Crippen LogP contribution in [0.4, 0.5) is 0 Å². The van der Waals surface area contributed by atoms with Gasteiger partial charge in [0.25, 0.3) is 0 Å². The van der Waals surface area contributed by atoms with Gasteiger partial charge in [0.15, 0.2) is 5.78 Å². The Morgan fingerprint density at radius 3 is 2.41 bits per heavy atom. The molecule has 0 amide bonds. The highest BCUT2D eigenvalue weighted by molar-refractivity contribution is 5.96. The second-order valence-electron chi connectivity index (χ2n) is 4.76. The molecular weight excluding hydrogens is 212 g/mol. The lowest BCUT2D eigenvalue weighted by Crippen LogP contribution is -2.05. The number of ketones is 1. The van der Waals surface area contributed by atoms with Gasteiger partial charge >= 0.3 is 0 Å². The predicted molar refractivity (Wildman–Crippen MR) is 70.6 cm³/mol. The molecule has 0 atom stereocenters. The molecule has 0 heterocycles. The molecule has 0 fully saturated rings. The summed E-state index contributed by atoms with van der Waals surface area (Å²) in [7, 11) is 0. The second-order valence-corrected chi connectivity index (χ2v) is 4.76. The first-order valence-electron chi connectivity index (χ1n) is 6.39. The van der Waals surface area contributed by atoms with Gasteiger partial charge in [0.1, 0.15) is 5.75 Å². The molecule has 0 aromatic heterocycles. The van der Waals surface area contributed by atoms with E-state index in [1.54, 1.807) is 0 Å². The van der Waals surface area contributed by atoms with Gasteiger partial charge in [-0.2, -0.15) is 0 Å². The van der Waals surface area contributed by atoms with E-state index < -0.39 is 0 Å². The number of unbranched alkanes of at least 4 members (excludes halogenated alkanes) is 1. The molecule has 0 spiro atoms. The number of benzene rings is 1. The van der Waals surface area contributed by atoms with Crippen LogP contribution in [-0.4, -0.2) is 12.4 Å². The lowest BCUT2D eigenvalue weighted by molar-refractivity contribution is 0.0979. The van der Waals surface area contributed by atoms with Crippen LogP contribution in [0.1, 0.15) is 50.4 Å². The van der Waals surface area contributed by atoms with Gasteiger partial charge in [-0.25, -0.2) is 0 Å². The number of ether oxygens (including phenoxy) is 1. The molecule has 0 saturated carbocycles. The van der Waals surface area contributed by atoms with Gasteiger partial charge < -0.3 is 4.74 Å². The van der Waals surface area contributed by atoms with Crippen molar-refractivity contribution in [1.29, 1.82) is 0 Å². The highest BCUT2D eigenvalue weighted by Crippen LogP contribution is 2.15. The molecule has 0 saturated heterocycles. The summed E-state index contributed by atoms with van der Waals surface area (Å²) in [5, 5.41) is 0. The summed E-state index contributed by atoms with van der Waals surface area (Å²) in [6, 6.07) is 7.46. The molecule has 0 bridgehead atoms. The Hall–Kier alpha value is -1.31. The maximum absolute atomic E-state index is 11.7. The molecule has 0 unspecified atom stereocenters. The Morgan fingerprint density at radius 1 is 1.24 bits per heavy atom. The third kappa shape index (κ3) is 5.03. The number of carbonyl (C=O) groups excluding carboxylic acids is 1. The fraction of sp³-hybridized carbons (Fsp3) is 0.533. The smallest absolute Gasteiger partial charge is 0.162 e. The van der Waals surface area contributed by atoms with E-state index in [0.717, 1.165) is 24.2 Å². The van der Waals surface area contributed by atoms with Crippen LogP contribution in [0, 0.1) is 5.92 Å². The fourth-order valence-corrected chi connectivity index (χ4v) is 1.48. The van der Waals surface area contributed by atoms with Gasteiger partial charge in [0, 0.05) is 12.0 Å². The molecule has 1 aromatic carbocycles. The van der Waals surface area contributed by atoms with Crippen LogP contribution in [0.2, 0.25) is 0 Å². The molecule has 2 heteroatoms. The first kappa shape index (κ1) is 13.8. The molecular formula is C15H22O2. The number of Topliss-reactive ketones (excluding diaryl/α,β-unsaturated/α-hetero) is 1. The average Bonchev–Trinajstić information content (AvgIpc) is 2.34. The maximum atomic E-state index is 11.7. The topological polar surface area (TPSA) is 26.3 Å². The normalized spacial score (nSPS) is 10.6. The van der Waals surface area contributed by atoms with E-state index >= 15 is 0 Å². The van der Waals surface area contributed by atoms with E-state index in [0.29, 0.717) is 18.9 Å². The van der Waals surface area contributed by atoms with Gasteiger partial charge in [-0.1, -0.05) is 27.2 Å². The number of hydrogen-bond acceptors (Lipinski definition) is 2. The molecule has 1 rings (SSSR count). The van der Waals surface area contributed by atoms with Crippen LogP contribution in [0.15, 0.2) is 24.3 Å². The Bertz CT molecular complexity index is 338. The summed E-state index contributed by atoms with van der Waals surface area (Å²) < 4.78 is 5.57. The zero-order valence-corrected chi connectivity index (χ0v) is 11.0. The van der Waals surface area contributed by atoms with E-state index in [4.69, 9.17) is 4.74 Å². The third-order valence-corrected chi connectivity index (χ3v) is 2.52. The molecule has 94 valence electrons. The van der Waals surface area contributed by atoms with Crippen molar-refractivity contribution >= 4 is 5.78 Å². The van der Waals surface area contributed by atoms with Crippen molar-refractivity contribution in [2.45, 2.75) is 40.0 Å². The summed E-state index contributed by atoms with van der Waals surface area (Å²) in [5.74, 6) is 1.58. The highest BCUT2D eigenvalue weighted by atomic mass is 16.5. The molecule has 2 nitrogen and oxygen atoms in total. The molecule has 0 radical (unpaired) electrons. The first-order valence-corrected chi connectivity index (χ1v) is 6.39. The summed E-state index contributed by atoms with van der Waals surface area (Å²) in [5.41, 5.74) is 0.787. The first-order chi connectivity index (χ1) is 8.13. The minimum absolute atomic E-state index is 0.224. The van der Waals surface area contributed by atoms with Crippen LogP contribution in [0.3, 0.4) is 0 Å². The van der Waals surface area contributed by atoms with Gasteiger partial charge in [-0.3, -0.25) is 4.79 Å². The lowest BCUT2D eigenvalue weighted by atomic mass is 10.1. The maximum Gasteiger partial charge on any atom is 0.162 e. The zero-order valence-electron chi connectivity index (χ0n) is 11.0. The molecule has 1 aromatic rings. The molecule has 0 aliphatic carbocycles. The Balaban J connectivity index is 2.52. The summed E-state index contributed by atoms with van der Waals surface area (Å²) >= 11 is 0. The Kier molecular flexibility index (Phi) is 5.75. The monoisotopic (exact) mass is 234 g/mol. The van der Waals surface area contributed by atoms with Gasteiger partial charge in [0.2, 0.25) is 0 Å². The van der Waals surface area contributed by atoms with E-state index in [2.05, 4.69) is 20.8 Å². The zero-order chi connectivity index (χ0) is 12.7. The number of carbonyl (C=O) groups is 1. The quantitative estimate of drug-likeness (QED) is 0.664. The molecule has 0 N–H and O–H groups in total. The van der Waals surface area contributed by atoms with Crippen LogP contribution in [0.5, 0.6) is 5.75 Å². The minimum Gasteiger partial charge on any atom is -0.493 e. The summed E-state index contributed by atoms with van der Waals surface area (Å²) in [6.45, 7) is 7.03. The van der Waals surface area contributed by atoms with Crippen LogP contribution < -0.4 is 4.74 Å². The van der Waals surface area contributed by atoms with Gasteiger partial charge in [0.05, 0.1) is 6.61 Å². The molecule has 0 aliphatic heterocycles. The van der Waals surface area contributed by atoms with E-state index in [9.17, 15) is 4.79 Å². The Morgan fingerprint density at radius 2 is 1.88 bits per heavy atom. The van der Waals surface area contributed by atoms with Crippen molar-refractivity contribution in [2.24, 2.45) is 5.92 Å². The molecule has 0 aliphatic rings. The lowest BCUT2D eigenvalue weighted by Gasteiger charge is -2.08. The number of rotatable bonds is 7. The van der Waals surface area contributed by atoms with Crippen LogP contribution >= 0.6 is 0 Å². The largest absolute Gasteiger partial charge is 0.493 e. The highest BCUT2D eigenvalue weighted by Gasteiger charge is 2.05. The van der Waals surface area contributed by atoms with Crippen molar-refractivity contribution in [3.8, 4) is 5.75 Å². The standard InChI is InChI=1S/C15H22O2/c1-4-5-6-15(16)13-7-9-14(10-8-13)17-11-12(2)3/h7-10,12H,4-6,11H2,1-3H3. The van der Waals surface area contributed by atoms with Crippen LogP contribution in [-0.2, 0) is 0 Å². The predicted octanol–water partition coefficient (Wildman–Crippen LogP) is 4.09. The minimum atomic E-state index is 0.224. The number of hydrogen-bond donors (Lipinski definition) is 0. The van der Waals surface area contributed by atoms with Crippen LogP contribution in [0.25, 0.3) is 0 Å². The van der Waals surface area contributed by atoms with Crippen molar-refractivity contribution in [3.63, 3.8) is 0 Å². The van der Waals surface area contributed by atoms with Crippen molar-refractivity contribution < 1.29 is 9.53 Å². The fourth-order valence-electron chi connectivity index (χ4n) is 1.48. The third-order valence-electron chi connectivity index (χ3n) is 2.52. The summed E-state index contributed by atoms with van der Waals surface area (Å²) in [4.78, 5) is 11.7. The second kappa shape index (κ2) is 7.10. The van der Waals surface area contributed by atoms with Crippen molar-refractivity contribution in [2.75, 3.05) is 6.61 Å². The Labute approximate surface area is 104 Å². The average molecular weight is 234 g/mol. The van der Waals surface area contributed by atoms with E-state index in [-0.39, 0.29) is 5.78 Å². The summed E-state index contributed by atoms with van der Waals surface area (Å²) in [6.07, 6.45) is 2.66. The molecule has 17 heavy (non-hydrogen) atoms. The van der Waals surface area contributed by atoms with Gasteiger partial charge in [-0.15, -0.1) is 0 Å². The van der Waals surface area contributed by atoms with Crippen molar-refractivity contribution in [3.05, 3.63) is 29.8 Å².